The van der Waals surface area contributed by atoms with Crippen LogP contribution in [0.3, 0.4) is 0 Å². The Morgan fingerprint density at radius 3 is 2.26 bits per heavy atom. The summed E-state index contributed by atoms with van der Waals surface area (Å²) in [5, 5.41) is 5.43. The third kappa shape index (κ3) is 6.67. The molecule has 2 aromatic rings. The second-order valence-electron chi connectivity index (χ2n) is 6.49. The van der Waals surface area contributed by atoms with Gasteiger partial charge in [0, 0.05) is 18.7 Å². The molecule has 0 bridgehead atoms. The molecule has 0 aliphatic heterocycles. The Morgan fingerprint density at radius 1 is 1.04 bits per heavy atom. The molecule has 5 nitrogen and oxygen atoms in total. The van der Waals surface area contributed by atoms with Crippen molar-refractivity contribution >= 4 is 17.9 Å². The fraction of sp³-hybridized carbons (Fsp3) is 0.238. The van der Waals surface area contributed by atoms with Gasteiger partial charge in [-0.05, 0) is 56.9 Å². The van der Waals surface area contributed by atoms with Crippen molar-refractivity contribution in [1.82, 2.24) is 15.5 Å². The van der Waals surface area contributed by atoms with E-state index in [1.807, 2.05) is 38.1 Å². The van der Waals surface area contributed by atoms with E-state index in [4.69, 9.17) is 0 Å². The van der Waals surface area contributed by atoms with Crippen molar-refractivity contribution in [3.63, 3.8) is 0 Å². The number of benzene rings is 2. The number of aryl methyl sites for hydroxylation is 1. The van der Waals surface area contributed by atoms with Crippen molar-refractivity contribution in [2.24, 2.45) is 0 Å². The van der Waals surface area contributed by atoms with Gasteiger partial charge in [-0.25, -0.2) is 4.39 Å². The largest absolute Gasteiger partial charge is 0.349 e. The first-order chi connectivity index (χ1) is 12.8. The standard InChI is InChI=1S/C21H24FN3O2/c1-15-4-8-17(9-5-15)20(26)24-19(21(27)23-12-13-25(2)3)14-16-6-10-18(22)11-7-16/h4-11,14H,12-13H2,1-3H3,(H,23,27)(H,24,26). The lowest BCUT2D eigenvalue weighted by Gasteiger charge is -2.13. The quantitative estimate of drug-likeness (QED) is 0.738. The predicted molar refractivity (Wildman–Crippen MR) is 105 cm³/mol. The molecule has 142 valence electrons. The molecular formula is C21H24FN3O2. The summed E-state index contributed by atoms with van der Waals surface area (Å²) in [6, 6.07) is 12.7. The zero-order valence-electron chi connectivity index (χ0n) is 15.8. The Kier molecular flexibility index (Phi) is 7.25. The van der Waals surface area contributed by atoms with Crippen molar-refractivity contribution in [2.75, 3.05) is 27.2 Å². The average Bonchev–Trinajstić information content (AvgIpc) is 2.63. The first-order valence-electron chi connectivity index (χ1n) is 8.63. The minimum Gasteiger partial charge on any atom is -0.349 e. The fourth-order valence-electron chi connectivity index (χ4n) is 2.27. The van der Waals surface area contributed by atoms with Gasteiger partial charge in [-0.2, -0.15) is 0 Å². The second-order valence-corrected chi connectivity index (χ2v) is 6.49. The lowest BCUT2D eigenvalue weighted by Crippen LogP contribution is -2.37. The first kappa shape index (κ1) is 20.3. The van der Waals surface area contributed by atoms with Crippen LogP contribution in [0.5, 0.6) is 0 Å². The Hall–Kier alpha value is -2.99. The molecule has 2 rings (SSSR count). The SMILES string of the molecule is Cc1ccc(C(=O)NC(=Cc2ccc(F)cc2)C(=O)NCCN(C)C)cc1. The van der Waals surface area contributed by atoms with Crippen LogP contribution in [0.25, 0.3) is 6.08 Å². The Morgan fingerprint density at radius 2 is 1.67 bits per heavy atom. The van der Waals surface area contributed by atoms with Crippen LogP contribution in [0.4, 0.5) is 4.39 Å². The van der Waals surface area contributed by atoms with E-state index in [0.717, 1.165) is 5.56 Å². The summed E-state index contributed by atoms with van der Waals surface area (Å²) in [4.78, 5) is 27.0. The monoisotopic (exact) mass is 369 g/mol. The van der Waals surface area contributed by atoms with E-state index in [1.165, 1.54) is 18.2 Å². The molecule has 0 saturated carbocycles. The molecule has 0 heterocycles. The molecule has 0 spiro atoms. The predicted octanol–water partition coefficient (Wildman–Crippen LogP) is 2.58. The molecule has 27 heavy (non-hydrogen) atoms. The fourth-order valence-corrected chi connectivity index (χ4v) is 2.27. The van der Waals surface area contributed by atoms with Gasteiger partial charge in [-0.15, -0.1) is 0 Å². The number of carbonyl (C=O) groups is 2. The number of halogens is 1. The number of hydrogen-bond acceptors (Lipinski definition) is 3. The summed E-state index contributed by atoms with van der Waals surface area (Å²) in [5.74, 6) is -1.15. The molecule has 0 fully saturated rings. The third-order valence-electron chi connectivity index (χ3n) is 3.83. The summed E-state index contributed by atoms with van der Waals surface area (Å²) in [5.41, 5.74) is 2.20. The van der Waals surface area contributed by atoms with Crippen LogP contribution in [0.2, 0.25) is 0 Å². The van der Waals surface area contributed by atoms with Crippen LogP contribution >= 0.6 is 0 Å². The molecule has 0 atom stereocenters. The number of amides is 2. The van der Waals surface area contributed by atoms with E-state index < -0.39 is 5.91 Å². The maximum atomic E-state index is 13.1. The van der Waals surface area contributed by atoms with Gasteiger partial charge in [0.2, 0.25) is 0 Å². The van der Waals surface area contributed by atoms with Crippen molar-refractivity contribution in [3.8, 4) is 0 Å². The summed E-state index contributed by atoms with van der Waals surface area (Å²) in [7, 11) is 3.81. The zero-order chi connectivity index (χ0) is 19.8. The van der Waals surface area contributed by atoms with Gasteiger partial charge in [-0.1, -0.05) is 29.8 Å². The summed E-state index contributed by atoms with van der Waals surface area (Å²) >= 11 is 0. The highest BCUT2D eigenvalue weighted by Crippen LogP contribution is 2.09. The van der Waals surface area contributed by atoms with Crippen molar-refractivity contribution in [3.05, 3.63) is 76.7 Å². The van der Waals surface area contributed by atoms with Crippen LogP contribution in [0.1, 0.15) is 21.5 Å². The number of nitrogens with one attached hydrogen (secondary N) is 2. The normalized spacial score (nSPS) is 11.4. The van der Waals surface area contributed by atoms with Crippen LogP contribution < -0.4 is 10.6 Å². The Balaban J connectivity index is 2.20. The van der Waals surface area contributed by atoms with E-state index in [0.29, 0.717) is 24.2 Å². The molecule has 0 aliphatic carbocycles. The summed E-state index contributed by atoms with van der Waals surface area (Å²) < 4.78 is 13.1. The number of nitrogens with zero attached hydrogens (tertiary/aromatic N) is 1. The van der Waals surface area contributed by atoms with Crippen molar-refractivity contribution in [1.29, 1.82) is 0 Å². The number of rotatable bonds is 7. The van der Waals surface area contributed by atoms with E-state index in [2.05, 4.69) is 10.6 Å². The van der Waals surface area contributed by atoms with E-state index in [1.54, 1.807) is 24.3 Å². The molecular weight excluding hydrogens is 345 g/mol. The van der Waals surface area contributed by atoms with Gasteiger partial charge in [-0.3, -0.25) is 9.59 Å². The highest BCUT2D eigenvalue weighted by Gasteiger charge is 2.14. The number of likely N-dealkylation sites (N-methyl/N-ethyl adjacent to an activating group) is 1. The second kappa shape index (κ2) is 9.64. The van der Waals surface area contributed by atoms with Crippen molar-refractivity contribution in [2.45, 2.75) is 6.92 Å². The highest BCUT2D eigenvalue weighted by molar-refractivity contribution is 6.05. The maximum Gasteiger partial charge on any atom is 0.267 e. The average molecular weight is 369 g/mol. The van der Waals surface area contributed by atoms with Gasteiger partial charge in [0.1, 0.15) is 11.5 Å². The molecule has 0 aromatic heterocycles. The molecule has 0 unspecified atom stereocenters. The Bertz CT molecular complexity index is 812. The van der Waals surface area contributed by atoms with Gasteiger partial charge in [0.25, 0.3) is 11.8 Å². The number of hydrogen-bond donors (Lipinski definition) is 2. The molecule has 6 heteroatoms. The Labute approximate surface area is 158 Å². The van der Waals surface area contributed by atoms with Crippen LogP contribution in [0, 0.1) is 12.7 Å². The number of carbonyl (C=O) groups excluding carboxylic acids is 2. The smallest absolute Gasteiger partial charge is 0.267 e. The van der Waals surface area contributed by atoms with E-state index in [-0.39, 0.29) is 17.4 Å². The van der Waals surface area contributed by atoms with Crippen LogP contribution in [-0.2, 0) is 4.79 Å². The molecule has 2 aromatic carbocycles. The minimum atomic E-state index is -0.401. The topological polar surface area (TPSA) is 61.4 Å². The van der Waals surface area contributed by atoms with Gasteiger partial charge >= 0.3 is 0 Å². The molecule has 0 saturated heterocycles. The molecule has 0 radical (unpaired) electrons. The molecule has 2 N–H and O–H groups in total. The summed E-state index contributed by atoms with van der Waals surface area (Å²) in [6.45, 7) is 3.04. The first-order valence-corrected chi connectivity index (χ1v) is 8.63. The van der Waals surface area contributed by atoms with Gasteiger partial charge in [0.15, 0.2) is 0 Å². The van der Waals surface area contributed by atoms with Crippen LogP contribution in [0.15, 0.2) is 54.2 Å². The maximum absolute atomic E-state index is 13.1. The van der Waals surface area contributed by atoms with Gasteiger partial charge < -0.3 is 15.5 Å². The third-order valence-corrected chi connectivity index (χ3v) is 3.83. The van der Waals surface area contributed by atoms with Crippen LogP contribution in [-0.4, -0.2) is 43.9 Å². The lowest BCUT2D eigenvalue weighted by molar-refractivity contribution is -0.117. The zero-order valence-corrected chi connectivity index (χ0v) is 15.8. The van der Waals surface area contributed by atoms with Gasteiger partial charge in [0.05, 0.1) is 0 Å². The van der Waals surface area contributed by atoms with E-state index in [9.17, 15) is 14.0 Å². The highest BCUT2D eigenvalue weighted by atomic mass is 19.1. The lowest BCUT2D eigenvalue weighted by atomic mass is 10.1. The molecule has 0 aliphatic rings. The van der Waals surface area contributed by atoms with E-state index >= 15 is 0 Å². The molecule has 2 amide bonds. The summed E-state index contributed by atoms with van der Waals surface area (Å²) in [6.07, 6.45) is 1.52. The van der Waals surface area contributed by atoms with Crippen molar-refractivity contribution < 1.29 is 14.0 Å². The minimum absolute atomic E-state index is 0.103.